The molecule has 0 unspecified atom stereocenters. The number of pyridine rings is 3. The maximum absolute atomic E-state index is 6.36. The van der Waals surface area contributed by atoms with E-state index in [9.17, 15) is 0 Å². The Hall–Kier alpha value is -4.96. The maximum Gasteiger partial charge on any atom is 0.147 e. The molecule has 0 fully saturated rings. The third kappa shape index (κ3) is 7.31. The molecule has 0 amide bonds. The molecular weight excluding hydrogens is 791 g/mol. The third-order valence-electron chi connectivity index (χ3n) is 8.88. The van der Waals surface area contributed by atoms with E-state index in [4.69, 9.17) is 4.42 Å². The van der Waals surface area contributed by atoms with Gasteiger partial charge in [0.05, 0.1) is 5.58 Å². The zero-order valence-electron chi connectivity index (χ0n) is 29.3. The first-order valence-electron chi connectivity index (χ1n) is 16.7. The molecule has 4 aromatic carbocycles. The molecule has 0 saturated carbocycles. The van der Waals surface area contributed by atoms with Crippen LogP contribution in [0, 0.1) is 38.3 Å². The van der Waals surface area contributed by atoms with Crippen LogP contribution in [0.3, 0.4) is 0 Å². The van der Waals surface area contributed by atoms with Gasteiger partial charge in [-0.05, 0) is 60.3 Å². The van der Waals surface area contributed by atoms with E-state index >= 15 is 0 Å². The molecule has 1 radical (unpaired) electrons. The minimum atomic E-state index is 0. The van der Waals surface area contributed by atoms with Gasteiger partial charge < -0.3 is 14.4 Å². The second-order valence-electron chi connectivity index (χ2n) is 14.0. The fraction of sp³-hybridized carbons (Fsp3) is 0.178. The predicted octanol–water partition coefficient (Wildman–Crippen LogP) is 11.7. The Morgan fingerprint density at radius 3 is 2.26 bits per heavy atom. The average Bonchev–Trinajstić information content (AvgIpc) is 3.49. The second-order valence-corrected chi connectivity index (χ2v) is 14.0. The van der Waals surface area contributed by atoms with Crippen LogP contribution in [0.4, 0.5) is 0 Å². The van der Waals surface area contributed by atoms with E-state index < -0.39 is 0 Å². The van der Waals surface area contributed by atoms with E-state index in [0.717, 1.165) is 61.8 Å². The van der Waals surface area contributed by atoms with Crippen molar-refractivity contribution in [2.75, 3.05) is 0 Å². The smallest absolute Gasteiger partial charge is 0.147 e. The Morgan fingerprint density at radius 1 is 0.680 bits per heavy atom. The number of nitrogens with zero attached hydrogens (tertiary/aromatic N) is 3. The van der Waals surface area contributed by atoms with E-state index in [1.165, 1.54) is 33.4 Å². The van der Waals surface area contributed by atoms with Crippen molar-refractivity contribution in [3.05, 3.63) is 150 Å². The van der Waals surface area contributed by atoms with Crippen LogP contribution in [-0.4, -0.2) is 15.0 Å². The summed E-state index contributed by atoms with van der Waals surface area (Å²) in [5.74, 6) is 0. The summed E-state index contributed by atoms with van der Waals surface area (Å²) < 4.78 is 6.36. The number of aryl methyl sites for hydroxylation is 3. The van der Waals surface area contributed by atoms with Crippen molar-refractivity contribution in [2.45, 2.75) is 48.0 Å². The van der Waals surface area contributed by atoms with Crippen LogP contribution >= 0.6 is 0 Å². The fourth-order valence-corrected chi connectivity index (χ4v) is 6.27. The maximum atomic E-state index is 6.36. The summed E-state index contributed by atoms with van der Waals surface area (Å²) in [6.07, 6.45) is 6.61. The Kier molecular flexibility index (Phi) is 10.1. The Labute approximate surface area is 308 Å². The molecule has 0 aliphatic carbocycles. The standard InChI is InChI=1S/C25H21N2O.C20H18N.Ir/c1-25(2,3)15-16-11-13-26-21(14-16)20-8-4-7-18-19-10-9-17-6-5-12-27-22(17)24(19)28-23(18)20;1-14-9-10-18(20-11-15(2)16(3)13-21-20)12-19(14)17-7-5-4-6-8-17;/h4-7,9-14H,15H2,1-3H3;4-9,11-13H,1-3H3;/q2*-1;. The van der Waals surface area contributed by atoms with Crippen molar-refractivity contribution >= 4 is 32.8 Å². The minimum Gasteiger partial charge on any atom is -0.498 e. The molecule has 8 rings (SSSR count). The molecule has 0 spiro atoms. The van der Waals surface area contributed by atoms with Crippen LogP contribution in [0.15, 0.2) is 120 Å². The normalized spacial score (nSPS) is 11.3. The van der Waals surface area contributed by atoms with Crippen LogP contribution in [0.1, 0.15) is 43.0 Å². The van der Waals surface area contributed by atoms with Crippen LogP contribution in [0.2, 0.25) is 0 Å². The molecule has 4 nitrogen and oxygen atoms in total. The summed E-state index contributed by atoms with van der Waals surface area (Å²) in [7, 11) is 0. The van der Waals surface area contributed by atoms with Gasteiger partial charge in [0.15, 0.2) is 0 Å². The van der Waals surface area contributed by atoms with E-state index in [0.29, 0.717) is 0 Å². The van der Waals surface area contributed by atoms with Crippen molar-refractivity contribution in [3.63, 3.8) is 0 Å². The quantitative estimate of drug-likeness (QED) is 0.166. The summed E-state index contributed by atoms with van der Waals surface area (Å²) in [5, 5.41) is 3.21. The first kappa shape index (κ1) is 34.9. The van der Waals surface area contributed by atoms with E-state index in [1.807, 2.05) is 30.6 Å². The van der Waals surface area contributed by atoms with Gasteiger partial charge in [0.2, 0.25) is 0 Å². The SMILES string of the molecule is CC(C)(C)Cc1ccnc(-c2[c-]ccc3c2oc2c3ccc3cccnc32)c1.Cc1cnc(-c2[c-]cc(C)c(-c3ccccc3)c2)cc1C.[Ir]. The summed E-state index contributed by atoms with van der Waals surface area (Å²) in [6.45, 7) is 13.1. The molecule has 4 aromatic heterocycles. The molecule has 8 aromatic rings. The summed E-state index contributed by atoms with van der Waals surface area (Å²) >= 11 is 0. The summed E-state index contributed by atoms with van der Waals surface area (Å²) in [5.41, 5.74) is 14.0. The first-order chi connectivity index (χ1) is 23.6. The van der Waals surface area contributed by atoms with E-state index in [2.05, 4.69) is 147 Å². The molecule has 0 aliphatic heterocycles. The number of hydrogen-bond donors (Lipinski definition) is 0. The molecule has 5 heteroatoms. The van der Waals surface area contributed by atoms with Crippen molar-refractivity contribution in [1.82, 2.24) is 15.0 Å². The number of rotatable bonds is 4. The van der Waals surface area contributed by atoms with Gasteiger partial charge in [-0.2, -0.15) is 0 Å². The topological polar surface area (TPSA) is 51.8 Å². The number of fused-ring (bicyclic) bond motifs is 5. The fourth-order valence-electron chi connectivity index (χ4n) is 6.27. The molecular formula is C45H39IrN3O-2. The third-order valence-corrected chi connectivity index (χ3v) is 8.88. The van der Waals surface area contributed by atoms with Crippen LogP contribution < -0.4 is 0 Å². The van der Waals surface area contributed by atoms with Crippen molar-refractivity contribution in [2.24, 2.45) is 5.41 Å². The largest absolute Gasteiger partial charge is 0.498 e. The van der Waals surface area contributed by atoms with Crippen molar-refractivity contribution in [1.29, 1.82) is 0 Å². The van der Waals surface area contributed by atoms with E-state index in [-0.39, 0.29) is 25.5 Å². The number of furan rings is 1. The molecule has 0 N–H and O–H groups in total. The summed E-state index contributed by atoms with van der Waals surface area (Å²) in [4.78, 5) is 13.7. The number of hydrogen-bond acceptors (Lipinski definition) is 4. The molecule has 4 heterocycles. The second kappa shape index (κ2) is 14.5. The minimum absolute atomic E-state index is 0. The Morgan fingerprint density at radius 2 is 1.48 bits per heavy atom. The van der Waals surface area contributed by atoms with Crippen LogP contribution in [0.5, 0.6) is 0 Å². The van der Waals surface area contributed by atoms with Crippen LogP contribution in [-0.2, 0) is 26.5 Å². The molecule has 0 bridgehead atoms. The van der Waals surface area contributed by atoms with Crippen LogP contribution in [0.25, 0.3) is 66.5 Å². The first-order valence-corrected chi connectivity index (χ1v) is 16.7. The van der Waals surface area contributed by atoms with Gasteiger partial charge >= 0.3 is 0 Å². The van der Waals surface area contributed by atoms with Crippen molar-refractivity contribution in [3.8, 4) is 33.6 Å². The van der Waals surface area contributed by atoms with E-state index in [1.54, 1.807) is 6.20 Å². The van der Waals surface area contributed by atoms with Gasteiger partial charge in [0, 0.05) is 49.5 Å². The summed E-state index contributed by atoms with van der Waals surface area (Å²) in [6, 6.07) is 40.0. The molecule has 0 atom stereocenters. The van der Waals surface area contributed by atoms with Gasteiger partial charge in [0.1, 0.15) is 11.1 Å². The molecule has 0 saturated heterocycles. The number of aromatic nitrogens is 3. The van der Waals surface area contributed by atoms with Gasteiger partial charge in [0.25, 0.3) is 0 Å². The van der Waals surface area contributed by atoms with Gasteiger partial charge in [-0.3, -0.25) is 4.98 Å². The van der Waals surface area contributed by atoms with Crippen molar-refractivity contribution < 1.29 is 24.5 Å². The zero-order valence-corrected chi connectivity index (χ0v) is 31.7. The van der Waals surface area contributed by atoms with Gasteiger partial charge in [-0.25, -0.2) is 0 Å². The van der Waals surface area contributed by atoms with Gasteiger partial charge in [-0.15, -0.1) is 47.5 Å². The van der Waals surface area contributed by atoms with Gasteiger partial charge in [-0.1, -0.05) is 116 Å². The number of benzene rings is 4. The average molecular weight is 830 g/mol. The Bertz CT molecular complexity index is 2440. The molecule has 0 aliphatic rings. The monoisotopic (exact) mass is 830 g/mol. The Balaban J connectivity index is 0.000000177. The predicted molar refractivity (Wildman–Crippen MR) is 202 cm³/mol. The zero-order chi connectivity index (χ0) is 34.1. The molecule has 251 valence electrons. The molecule has 50 heavy (non-hydrogen) atoms.